The molecule has 1 unspecified atom stereocenters. The van der Waals surface area contributed by atoms with Gasteiger partial charge in [-0.15, -0.1) is 0 Å². The molecule has 1 aromatic carbocycles. The molecular formula is C21H28BrIN2O2S. The molecule has 154 valence electrons. The Morgan fingerprint density at radius 1 is 1.36 bits per heavy atom. The predicted molar refractivity (Wildman–Crippen MR) is 129 cm³/mol. The van der Waals surface area contributed by atoms with Crippen LogP contribution in [0.3, 0.4) is 0 Å². The molecule has 2 spiro atoms. The number of amides is 1. The van der Waals surface area contributed by atoms with E-state index in [9.17, 15) is 4.79 Å². The van der Waals surface area contributed by atoms with Gasteiger partial charge in [-0.2, -0.15) is 0 Å². The highest BCUT2D eigenvalue weighted by Crippen LogP contribution is 2.59. The van der Waals surface area contributed by atoms with Gasteiger partial charge in [0.1, 0.15) is 0 Å². The van der Waals surface area contributed by atoms with Crippen molar-refractivity contribution >= 4 is 61.8 Å². The van der Waals surface area contributed by atoms with Gasteiger partial charge in [0, 0.05) is 17.0 Å². The highest BCUT2D eigenvalue weighted by atomic mass is 127. The lowest BCUT2D eigenvalue weighted by molar-refractivity contribution is -0.131. The monoisotopic (exact) mass is 578 g/mol. The molecular weight excluding hydrogens is 551 g/mol. The molecule has 2 fully saturated rings. The molecule has 1 amide bonds. The van der Waals surface area contributed by atoms with Crippen LogP contribution in [0, 0.1) is 5.41 Å². The second kappa shape index (κ2) is 9.27. The van der Waals surface area contributed by atoms with Crippen LogP contribution in [0.15, 0.2) is 22.7 Å². The number of unbranched alkanes of at least 4 members (excludes halogenated alkanes) is 1. The summed E-state index contributed by atoms with van der Waals surface area (Å²) in [6, 6.07) is 6.26. The van der Waals surface area contributed by atoms with Crippen LogP contribution < -0.4 is 10.6 Å². The fourth-order valence-corrected chi connectivity index (χ4v) is 6.29. The van der Waals surface area contributed by atoms with Crippen molar-refractivity contribution in [1.29, 1.82) is 0 Å². The lowest BCUT2D eigenvalue weighted by Crippen LogP contribution is -2.56. The molecule has 1 saturated heterocycles. The van der Waals surface area contributed by atoms with Crippen molar-refractivity contribution in [3.8, 4) is 0 Å². The van der Waals surface area contributed by atoms with Crippen LogP contribution in [0.2, 0.25) is 0 Å². The molecule has 1 atom stereocenters. The second-order valence-corrected chi connectivity index (χ2v) is 10.3. The third kappa shape index (κ3) is 3.88. The predicted octanol–water partition coefficient (Wildman–Crippen LogP) is 5.00. The molecule has 4 rings (SSSR count). The van der Waals surface area contributed by atoms with Crippen LogP contribution >= 0.6 is 50.7 Å². The van der Waals surface area contributed by atoms with E-state index < -0.39 is 5.54 Å². The number of thiocarbonyl (C=S) groups is 1. The highest BCUT2D eigenvalue weighted by Gasteiger charge is 2.65. The van der Waals surface area contributed by atoms with E-state index in [-0.39, 0.29) is 11.3 Å². The van der Waals surface area contributed by atoms with E-state index in [1.807, 2.05) is 0 Å². The van der Waals surface area contributed by atoms with Gasteiger partial charge < -0.3 is 15.4 Å². The Balaban J connectivity index is 0.000000403. The number of halogens is 2. The molecule has 2 aliphatic carbocycles. The lowest BCUT2D eigenvalue weighted by Gasteiger charge is -2.46. The van der Waals surface area contributed by atoms with Gasteiger partial charge >= 0.3 is 0 Å². The van der Waals surface area contributed by atoms with Crippen molar-refractivity contribution in [2.45, 2.75) is 63.5 Å². The molecule has 1 saturated carbocycles. The Morgan fingerprint density at radius 3 is 2.57 bits per heavy atom. The molecule has 7 heteroatoms. The zero-order chi connectivity index (χ0) is 20.4. The quantitative estimate of drug-likeness (QED) is 0.301. The molecule has 2 N–H and O–H groups in total. The van der Waals surface area contributed by atoms with Gasteiger partial charge in [0.05, 0.1) is 6.10 Å². The average molecular weight is 579 g/mol. The Bertz CT molecular complexity index is 750. The summed E-state index contributed by atoms with van der Waals surface area (Å²) in [5, 5.41) is 6.65. The topological polar surface area (TPSA) is 50.4 Å². The normalized spacial score (nSPS) is 30.6. The minimum absolute atomic E-state index is 0.00443. The zero-order valence-electron chi connectivity index (χ0n) is 16.4. The first-order chi connectivity index (χ1) is 13.4. The summed E-state index contributed by atoms with van der Waals surface area (Å²) < 4.78 is 7.84. The van der Waals surface area contributed by atoms with E-state index in [4.69, 9.17) is 17.0 Å². The van der Waals surface area contributed by atoms with E-state index in [1.165, 1.54) is 22.8 Å². The third-order valence-corrected chi connectivity index (χ3v) is 7.84. The average Bonchev–Trinajstić information content (AvgIpc) is 3.12. The maximum Gasteiger partial charge on any atom is 0.257 e. The van der Waals surface area contributed by atoms with Crippen LogP contribution in [0.4, 0.5) is 0 Å². The van der Waals surface area contributed by atoms with Gasteiger partial charge in [-0.05, 0) is 78.4 Å². The fraction of sp³-hybridized carbons (Fsp3) is 0.619. The SMILES string of the molecule is CCCCI.COC1CCC2(CC1)Cc1ccc(Br)cc1C21NC(=S)NC1=O. The molecule has 0 radical (unpaired) electrons. The van der Waals surface area contributed by atoms with E-state index >= 15 is 0 Å². The van der Waals surface area contributed by atoms with Crippen LogP contribution in [0.5, 0.6) is 0 Å². The Kier molecular flexibility index (Phi) is 7.43. The van der Waals surface area contributed by atoms with Crippen molar-refractivity contribution in [3.05, 3.63) is 33.8 Å². The number of hydrogen-bond acceptors (Lipinski definition) is 3. The summed E-state index contributed by atoms with van der Waals surface area (Å²) in [5.74, 6) is -0.00443. The van der Waals surface area contributed by atoms with Crippen molar-refractivity contribution in [2.24, 2.45) is 5.41 Å². The van der Waals surface area contributed by atoms with Crippen molar-refractivity contribution < 1.29 is 9.53 Å². The standard InChI is InChI=1S/C17H19BrN2O2S.C4H9I/c1-22-12-4-6-16(7-5-12)9-10-2-3-11(18)8-13(10)17(16)14(21)19-15(23)20-17;1-2-3-4-5/h2-3,8,12H,4-7,9H2,1H3,(H2,19,20,21,23);2-4H2,1H3. The van der Waals surface area contributed by atoms with E-state index in [0.29, 0.717) is 11.2 Å². The van der Waals surface area contributed by atoms with Crippen LogP contribution in [-0.2, 0) is 21.5 Å². The first-order valence-corrected chi connectivity index (χ1v) is 12.7. The van der Waals surface area contributed by atoms with Gasteiger partial charge in [0.25, 0.3) is 5.91 Å². The summed E-state index contributed by atoms with van der Waals surface area (Å²) in [5.41, 5.74) is 1.45. The lowest BCUT2D eigenvalue weighted by atomic mass is 9.61. The molecule has 1 aromatic rings. The maximum atomic E-state index is 13.0. The first-order valence-electron chi connectivity index (χ1n) is 9.93. The number of nitrogens with one attached hydrogen (secondary N) is 2. The minimum atomic E-state index is -0.734. The van der Waals surface area contributed by atoms with Gasteiger partial charge in [0.15, 0.2) is 10.7 Å². The summed E-state index contributed by atoms with van der Waals surface area (Å²) >= 11 is 11.2. The molecule has 0 aromatic heterocycles. The minimum Gasteiger partial charge on any atom is -0.381 e. The van der Waals surface area contributed by atoms with Crippen LogP contribution in [-0.4, -0.2) is 28.7 Å². The number of fused-ring (bicyclic) bond motifs is 3. The molecule has 1 aliphatic heterocycles. The zero-order valence-corrected chi connectivity index (χ0v) is 21.0. The number of carbonyl (C=O) groups is 1. The van der Waals surface area contributed by atoms with Gasteiger partial charge in [-0.3, -0.25) is 4.79 Å². The number of benzene rings is 1. The van der Waals surface area contributed by atoms with Crippen LogP contribution in [0.25, 0.3) is 0 Å². The molecule has 1 heterocycles. The summed E-state index contributed by atoms with van der Waals surface area (Å²) in [7, 11) is 1.77. The highest BCUT2D eigenvalue weighted by molar-refractivity contribution is 14.1. The van der Waals surface area contributed by atoms with E-state index in [0.717, 1.165) is 42.1 Å². The smallest absolute Gasteiger partial charge is 0.257 e. The second-order valence-electron chi connectivity index (χ2n) is 7.89. The molecule has 3 aliphatic rings. The first kappa shape index (κ1) is 22.4. The van der Waals surface area contributed by atoms with Crippen molar-refractivity contribution in [1.82, 2.24) is 10.6 Å². The Morgan fingerprint density at radius 2 is 2.07 bits per heavy atom. The Labute approximate surface area is 195 Å². The Hall–Kier alpha value is -0.250. The third-order valence-electron chi connectivity index (χ3n) is 6.38. The number of rotatable bonds is 3. The maximum absolute atomic E-state index is 13.0. The van der Waals surface area contributed by atoms with Gasteiger partial charge in [-0.25, -0.2) is 0 Å². The number of carbonyl (C=O) groups excluding carboxylic acids is 1. The number of methoxy groups -OCH3 is 1. The summed E-state index contributed by atoms with van der Waals surface area (Å²) in [6.07, 6.45) is 7.80. The fourth-order valence-electron chi connectivity index (χ4n) is 4.92. The van der Waals surface area contributed by atoms with Crippen molar-refractivity contribution in [2.75, 3.05) is 11.5 Å². The number of alkyl halides is 1. The molecule has 4 nitrogen and oxygen atoms in total. The van der Waals surface area contributed by atoms with Gasteiger partial charge in [-0.1, -0.05) is 57.9 Å². The molecule has 0 bridgehead atoms. The van der Waals surface area contributed by atoms with Crippen LogP contribution in [0.1, 0.15) is 56.6 Å². The summed E-state index contributed by atoms with van der Waals surface area (Å²) in [4.78, 5) is 13.0. The van der Waals surface area contributed by atoms with E-state index in [1.54, 1.807) is 7.11 Å². The summed E-state index contributed by atoms with van der Waals surface area (Å²) in [6.45, 7) is 2.21. The molecule has 28 heavy (non-hydrogen) atoms. The van der Waals surface area contributed by atoms with Gasteiger partial charge in [0.2, 0.25) is 0 Å². The van der Waals surface area contributed by atoms with Crippen molar-refractivity contribution in [3.63, 3.8) is 0 Å². The number of ether oxygens (including phenoxy) is 1. The largest absolute Gasteiger partial charge is 0.381 e. The van der Waals surface area contributed by atoms with E-state index in [2.05, 4.69) is 74.3 Å². The number of hydrogen-bond donors (Lipinski definition) is 2.